The second kappa shape index (κ2) is 8.21. The van der Waals surface area contributed by atoms with Crippen LogP contribution in [0.2, 0.25) is 0 Å². The molecule has 0 spiro atoms. The summed E-state index contributed by atoms with van der Waals surface area (Å²) in [5.74, 6) is -0.376. The molecule has 2 rings (SSSR count). The second-order valence-corrected chi connectivity index (χ2v) is 7.30. The van der Waals surface area contributed by atoms with Crippen LogP contribution >= 0.6 is 0 Å². The molecule has 3 N–H and O–H groups in total. The fourth-order valence-corrected chi connectivity index (χ4v) is 2.62. The summed E-state index contributed by atoms with van der Waals surface area (Å²) in [7, 11) is 0. The Balaban J connectivity index is 2.01. The number of hydrogen-bond acceptors (Lipinski definition) is 3. The highest BCUT2D eigenvalue weighted by Gasteiger charge is 2.19. The average molecular weight is 343 g/mol. The number of amides is 1. The van der Waals surface area contributed by atoms with Crippen LogP contribution in [0, 0.1) is 5.82 Å². The first-order valence-corrected chi connectivity index (χ1v) is 8.51. The van der Waals surface area contributed by atoms with E-state index in [2.05, 4.69) is 10.3 Å². The van der Waals surface area contributed by atoms with Crippen LogP contribution in [0.25, 0.3) is 0 Å². The van der Waals surface area contributed by atoms with Crippen LogP contribution in [0.5, 0.6) is 0 Å². The minimum Gasteiger partial charge on any atom is -0.347 e. The molecule has 0 saturated heterocycles. The summed E-state index contributed by atoms with van der Waals surface area (Å²) in [6.45, 7) is 5.81. The van der Waals surface area contributed by atoms with Crippen LogP contribution in [0.15, 0.2) is 42.6 Å². The molecule has 0 aliphatic carbocycles. The van der Waals surface area contributed by atoms with Gasteiger partial charge >= 0.3 is 0 Å². The zero-order chi connectivity index (χ0) is 18.4. The quantitative estimate of drug-likeness (QED) is 0.846. The van der Waals surface area contributed by atoms with E-state index in [0.717, 1.165) is 0 Å². The van der Waals surface area contributed by atoms with Crippen molar-refractivity contribution in [1.29, 1.82) is 0 Å². The summed E-state index contributed by atoms with van der Waals surface area (Å²) < 4.78 is 13.7. The molecule has 0 aliphatic rings. The third-order valence-corrected chi connectivity index (χ3v) is 3.82. The maximum absolute atomic E-state index is 13.7. The Hall–Kier alpha value is -2.27. The number of nitrogens with one attached hydrogen (secondary N) is 1. The van der Waals surface area contributed by atoms with Gasteiger partial charge < -0.3 is 11.1 Å². The molecule has 2 aromatic rings. The monoisotopic (exact) mass is 343 g/mol. The van der Waals surface area contributed by atoms with Gasteiger partial charge in [0.25, 0.3) is 5.91 Å². The van der Waals surface area contributed by atoms with Crippen molar-refractivity contribution >= 4 is 5.91 Å². The molecule has 1 aromatic carbocycles. The lowest BCUT2D eigenvalue weighted by atomic mass is 9.99. The molecular weight excluding hydrogens is 317 g/mol. The van der Waals surface area contributed by atoms with Gasteiger partial charge in [-0.3, -0.25) is 9.78 Å². The molecule has 0 bridgehead atoms. The number of nitrogens with two attached hydrogens (primary N) is 1. The van der Waals surface area contributed by atoms with Crippen molar-refractivity contribution in [3.05, 3.63) is 65.2 Å². The Morgan fingerprint density at radius 1 is 1.24 bits per heavy atom. The minimum absolute atomic E-state index is 0.140. The van der Waals surface area contributed by atoms with Gasteiger partial charge in [0.15, 0.2) is 0 Å². The predicted molar refractivity (Wildman–Crippen MR) is 97.9 cm³/mol. The van der Waals surface area contributed by atoms with E-state index in [-0.39, 0.29) is 23.3 Å². The highest BCUT2D eigenvalue weighted by Crippen LogP contribution is 2.14. The molecule has 0 saturated carbocycles. The normalized spacial score (nSPS) is 12.7. The zero-order valence-electron chi connectivity index (χ0n) is 15.1. The molecule has 1 atom stereocenters. The molecule has 25 heavy (non-hydrogen) atoms. The Bertz CT molecular complexity index is 725. The summed E-state index contributed by atoms with van der Waals surface area (Å²) in [6, 6.07) is 9.98. The molecule has 0 aliphatic heterocycles. The number of carbonyl (C=O) groups is 1. The third kappa shape index (κ3) is 5.94. The molecule has 1 amide bonds. The van der Waals surface area contributed by atoms with Gasteiger partial charge in [0.1, 0.15) is 5.82 Å². The largest absolute Gasteiger partial charge is 0.347 e. The summed E-state index contributed by atoms with van der Waals surface area (Å²) in [6.07, 6.45) is 3.33. The van der Waals surface area contributed by atoms with Crippen molar-refractivity contribution in [3.8, 4) is 0 Å². The SMILES string of the molecule is CC(C)(C)NC(=O)c1cccnc1CC[C@H](N)Cc1ccccc1F. The lowest BCUT2D eigenvalue weighted by Crippen LogP contribution is -2.41. The van der Waals surface area contributed by atoms with Crippen molar-refractivity contribution in [2.45, 2.75) is 51.6 Å². The molecular formula is C20H26FN3O. The number of aromatic nitrogens is 1. The standard InChI is InChI=1S/C20H26FN3O/c1-20(2,3)24-19(25)16-8-6-12-23-18(16)11-10-15(22)13-14-7-4-5-9-17(14)21/h4-9,12,15H,10-11,13,22H2,1-3H3,(H,24,25)/t15-/m0/s1. The van der Waals surface area contributed by atoms with E-state index in [1.54, 1.807) is 36.5 Å². The van der Waals surface area contributed by atoms with Crippen molar-refractivity contribution in [3.63, 3.8) is 0 Å². The van der Waals surface area contributed by atoms with Crippen molar-refractivity contribution in [2.75, 3.05) is 0 Å². The van der Waals surface area contributed by atoms with E-state index in [1.807, 2.05) is 20.8 Å². The lowest BCUT2D eigenvalue weighted by Gasteiger charge is -2.21. The second-order valence-electron chi connectivity index (χ2n) is 7.30. The molecule has 5 heteroatoms. The third-order valence-electron chi connectivity index (χ3n) is 3.82. The van der Waals surface area contributed by atoms with E-state index in [1.165, 1.54) is 6.07 Å². The Labute approximate surface area is 148 Å². The zero-order valence-corrected chi connectivity index (χ0v) is 15.1. The molecule has 0 unspecified atom stereocenters. The molecule has 0 radical (unpaired) electrons. The number of benzene rings is 1. The van der Waals surface area contributed by atoms with Gasteiger partial charge in [-0.25, -0.2) is 4.39 Å². The first-order valence-electron chi connectivity index (χ1n) is 8.51. The minimum atomic E-state index is -0.314. The summed E-state index contributed by atoms with van der Waals surface area (Å²) in [5, 5.41) is 2.95. The van der Waals surface area contributed by atoms with Crippen LogP contribution in [0.3, 0.4) is 0 Å². The van der Waals surface area contributed by atoms with Gasteiger partial charge in [-0.1, -0.05) is 18.2 Å². The van der Waals surface area contributed by atoms with Gasteiger partial charge in [0.2, 0.25) is 0 Å². The molecule has 4 nitrogen and oxygen atoms in total. The molecule has 134 valence electrons. The molecule has 1 aromatic heterocycles. The average Bonchev–Trinajstić information content (AvgIpc) is 2.54. The van der Waals surface area contributed by atoms with Gasteiger partial charge in [0.05, 0.1) is 11.3 Å². The van der Waals surface area contributed by atoms with E-state index in [0.29, 0.717) is 36.1 Å². The van der Waals surface area contributed by atoms with Crippen LogP contribution in [0.1, 0.15) is 48.8 Å². The smallest absolute Gasteiger partial charge is 0.253 e. The van der Waals surface area contributed by atoms with E-state index in [9.17, 15) is 9.18 Å². The number of carbonyl (C=O) groups excluding carboxylic acids is 1. The lowest BCUT2D eigenvalue weighted by molar-refractivity contribution is 0.0918. The first kappa shape index (κ1) is 19.1. The van der Waals surface area contributed by atoms with Crippen molar-refractivity contribution in [2.24, 2.45) is 5.73 Å². The van der Waals surface area contributed by atoms with Gasteiger partial charge in [-0.2, -0.15) is 0 Å². The van der Waals surface area contributed by atoms with Gasteiger partial charge in [-0.05, 0) is 63.8 Å². The number of hydrogen-bond donors (Lipinski definition) is 2. The van der Waals surface area contributed by atoms with Crippen LogP contribution in [0.4, 0.5) is 4.39 Å². The number of halogens is 1. The number of nitrogens with zero attached hydrogens (tertiary/aromatic N) is 1. The topological polar surface area (TPSA) is 68.0 Å². The van der Waals surface area contributed by atoms with E-state index < -0.39 is 0 Å². The number of rotatable bonds is 6. The Morgan fingerprint density at radius 3 is 2.64 bits per heavy atom. The molecule has 1 heterocycles. The van der Waals surface area contributed by atoms with Crippen molar-refractivity contribution < 1.29 is 9.18 Å². The van der Waals surface area contributed by atoms with Gasteiger partial charge in [0, 0.05) is 17.8 Å². The Kier molecular flexibility index (Phi) is 6.26. The van der Waals surface area contributed by atoms with Gasteiger partial charge in [-0.15, -0.1) is 0 Å². The highest BCUT2D eigenvalue weighted by atomic mass is 19.1. The van der Waals surface area contributed by atoms with E-state index >= 15 is 0 Å². The molecule has 0 fully saturated rings. The van der Waals surface area contributed by atoms with Crippen LogP contribution < -0.4 is 11.1 Å². The van der Waals surface area contributed by atoms with E-state index in [4.69, 9.17) is 5.73 Å². The summed E-state index contributed by atoms with van der Waals surface area (Å²) in [4.78, 5) is 16.8. The van der Waals surface area contributed by atoms with Crippen molar-refractivity contribution in [1.82, 2.24) is 10.3 Å². The fraction of sp³-hybridized carbons (Fsp3) is 0.400. The summed E-state index contributed by atoms with van der Waals surface area (Å²) >= 11 is 0. The number of aryl methyl sites for hydroxylation is 1. The highest BCUT2D eigenvalue weighted by molar-refractivity contribution is 5.95. The van der Waals surface area contributed by atoms with Crippen LogP contribution in [-0.4, -0.2) is 22.5 Å². The Morgan fingerprint density at radius 2 is 1.96 bits per heavy atom. The summed E-state index contributed by atoms with van der Waals surface area (Å²) in [5.41, 5.74) is 7.74. The number of pyridine rings is 1. The maximum atomic E-state index is 13.7. The first-order chi connectivity index (χ1) is 11.8. The maximum Gasteiger partial charge on any atom is 0.253 e. The predicted octanol–water partition coefficient (Wildman–Crippen LogP) is 3.25. The van der Waals surface area contributed by atoms with Crippen LogP contribution in [-0.2, 0) is 12.8 Å². The fourth-order valence-electron chi connectivity index (χ4n) is 2.62.